The standard InChI is InChI=1S/C11H14N2O3S/c14-11-8-17(15,16)7-10(11)13-12-6-9-4-2-1-3-5-9/h1-6,10-11,13-14H,7-8H2. The highest BCUT2D eigenvalue weighted by molar-refractivity contribution is 7.91. The van der Waals surface area contributed by atoms with E-state index in [0.717, 1.165) is 5.56 Å². The molecule has 0 saturated carbocycles. The van der Waals surface area contributed by atoms with Crippen LogP contribution < -0.4 is 5.43 Å². The Hall–Kier alpha value is -1.40. The van der Waals surface area contributed by atoms with E-state index < -0.39 is 22.0 Å². The van der Waals surface area contributed by atoms with E-state index in [1.165, 1.54) is 0 Å². The predicted octanol–water partition coefficient (Wildman–Crippen LogP) is -0.232. The maximum Gasteiger partial charge on any atom is 0.155 e. The van der Waals surface area contributed by atoms with E-state index in [1.807, 2.05) is 30.3 Å². The van der Waals surface area contributed by atoms with Gasteiger partial charge in [0.2, 0.25) is 0 Å². The van der Waals surface area contributed by atoms with Crippen molar-refractivity contribution in [2.75, 3.05) is 11.5 Å². The maximum absolute atomic E-state index is 11.2. The van der Waals surface area contributed by atoms with Gasteiger partial charge in [0.05, 0.1) is 29.9 Å². The zero-order valence-corrected chi connectivity index (χ0v) is 9.97. The number of nitrogens with zero attached hydrogens (tertiary/aromatic N) is 1. The number of sulfone groups is 1. The second kappa shape index (κ2) is 4.85. The lowest BCUT2D eigenvalue weighted by atomic mass is 10.2. The van der Waals surface area contributed by atoms with Gasteiger partial charge in [0.25, 0.3) is 0 Å². The molecule has 2 unspecified atom stereocenters. The van der Waals surface area contributed by atoms with Crippen molar-refractivity contribution in [1.29, 1.82) is 0 Å². The molecule has 1 aliphatic heterocycles. The number of nitrogens with one attached hydrogen (secondary N) is 1. The molecule has 2 atom stereocenters. The molecule has 5 nitrogen and oxygen atoms in total. The summed E-state index contributed by atoms with van der Waals surface area (Å²) in [6.07, 6.45) is 0.713. The van der Waals surface area contributed by atoms with Crippen LogP contribution in [0.1, 0.15) is 5.56 Å². The average molecular weight is 254 g/mol. The van der Waals surface area contributed by atoms with Crippen LogP contribution in [0.15, 0.2) is 35.4 Å². The van der Waals surface area contributed by atoms with Gasteiger partial charge in [-0.15, -0.1) is 0 Å². The van der Waals surface area contributed by atoms with Crippen molar-refractivity contribution < 1.29 is 13.5 Å². The average Bonchev–Trinajstić information content (AvgIpc) is 2.53. The molecule has 6 heteroatoms. The first kappa shape index (κ1) is 12.1. The van der Waals surface area contributed by atoms with Crippen molar-refractivity contribution in [3.63, 3.8) is 0 Å². The molecule has 0 radical (unpaired) electrons. The lowest BCUT2D eigenvalue weighted by Gasteiger charge is -2.11. The SMILES string of the molecule is O=S1(=O)CC(O)C(NN=Cc2ccccc2)C1. The third-order valence-corrected chi connectivity index (χ3v) is 4.29. The quantitative estimate of drug-likeness (QED) is 0.577. The highest BCUT2D eigenvalue weighted by atomic mass is 32.2. The molecule has 1 fully saturated rings. The summed E-state index contributed by atoms with van der Waals surface area (Å²) in [6.45, 7) is 0. The number of hydrogen-bond donors (Lipinski definition) is 2. The summed E-state index contributed by atoms with van der Waals surface area (Å²) in [5.41, 5.74) is 3.59. The summed E-state index contributed by atoms with van der Waals surface area (Å²) in [4.78, 5) is 0. The Morgan fingerprint density at radius 3 is 2.59 bits per heavy atom. The molecule has 2 N–H and O–H groups in total. The van der Waals surface area contributed by atoms with E-state index in [2.05, 4.69) is 10.5 Å². The van der Waals surface area contributed by atoms with Crippen LogP contribution in [0.5, 0.6) is 0 Å². The number of hydrogen-bond acceptors (Lipinski definition) is 5. The Kier molecular flexibility index (Phi) is 3.44. The zero-order chi connectivity index (χ0) is 12.3. The van der Waals surface area contributed by atoms with Crippen LogP contribution in [0, 0.1) is 0 Å². The number of rotatable bonds is 3. The highest BCUT2D eigenvalue weighted by Crippen LogP contribution is 2.12. The van der Waals surface area contributed by atoms with Crippen LogP contribution >= 0.6 is 0 Å². The Morgan fingerprint density at radius 2 is 2.00 bits per heavy atom. The van der Waals surface area contributed by atoms with Gasteiger partial charge in [0, 0.05) is 0 Å². The molecule has 17 heavy (non-hydrogen) atoms. The fourth-order valence-electron chi connectivity index (χ4n) is 1.70. The van der Waals surface area contributed by atoms with E-state index in [9.17, 15) is 13.5 Å². The fourth-order valence-corrected chi connectivity index (χ4v) is 3.43. The van der Waals surface area contributed by atoms with E-state index in [-0.39, 0.29) is 11.5 Å². The number of aliphatic hydroxyl groups is 1. The fraction of sp³-hybridized carbons (Fsp3) is 0.364. The Labute approximate surface area is 100 Å². The zero-order valence-electron chi connectivity index (χ0n) is 9.15. The van der Waals surface area contributed by atoms with Crippen LogP contribution in [0.25, 0.3) is 0 Å². The van der Waals surface area contributed by atoms with Gasteiger partial charge in [-0.05, 0) is 5.56 Å². The molecule has 0 aliphatic carbocycles. The molecular formula is C11H14N2O3S. The van der Waals surface area contributed by atoms with E-state index in [0.29, 0.717) is 0 Å². The molecule has 1 heterocycles. The molecule has 1 aromatic rings. The van der Waals surface area contributed by atoms with Crippen LogP contribution in [0.4, 0.5) is 0 Å². The molecule has 2 rings (SSSR count). The summed E-state index contributed by atoms with van der Waals surface area (Å²) < 4.78 is 22.5. The van der Waals surface area contributed by atoms with Crippen molar-refractivity contribution in [2.45, 2.75) is 12.1 Å². The van der Waals surface area contributed by atoms with E-state index >= 15 is 0 Å². The van der Waals surface area contributed by atoms with Gasteiger partial charge in [-0.25, -0.2) is 8.42 Å². The Morgan fingerprint density at radius 1 is 1.29 bits per heavy atom. The Balaban J connectivity index is 1.93. The van der Waals surface area contributed by atoms with Crippen molar-refractivity contribution in [1.82, 2.24) is 5.43 Å². The van der Waals surface area contributed by atoms with Gasteiger partial charge in [0.15, 0.2) is 9.84 Å². The van der Waals surface area contributed by atoms with Gasteiger partial charge < -0.3 is 10.5 Å². The topological polar surface area (TPSA) is 78.8 Å². The smallest absolute Gasteiger partial charge is 0.155 e. The summed E-state index contributed by atoms with van der Waals surface area (Å²) in [5.74, 6) is -0.258. The molecule has 0 spiro atoms. The van der Waals surface area contributed by atoms with Crippen LogP contribution in [-0.4, -0.2) is 43.4 Å². The van der Waals surface area contributed by atoms with Gasteiger partial charge in [-0.3, -0.25) is 0 Å². The van der Waals surface area contributed by atoms with Crippen molar-refractivity contribution in [2.24, 2.45) is 5.10 Å². The summed E-state index contributed by atoms with van der Waals surface area (Å²) in [7, 11) is -3.13. The first-order chi connectivity index (χ1) is 8.07. The second-order valence-electron chi connectivity index (χ2n) is 4.05. The van der Waals surface area contributed by atoms with Crippen molar-refractivity contribution in [3.05, 3.63) is 35.9 Å². The molecule has 0 bridgehead atoms. The molecular weight excluding hydrogens is 240 g/mol. The number of hydrazone groups is 1. The minimum absolute atomic E-state index is 0.0692. The summed E-state index contributed by atoms with van der Waals surface area (Å²) in [5, 5.41) is 13.4. The predicted molar refractivity (Wildman–Crippen MR) is 65.6 cm³/mol. The van der Waals surface area contributed by atoms with Crippen LogP contribution in [0.3, 0.4) is 0 Å². The highest BCUT2D eigenvalue weighted by Gasteiger charge is 2.36. The molecule has 0 amide bonds. The molecule has 1 aromatic carbocycles. The van der Waals surface area contributed by atoms with Gasteiger partial charge in [-0.2, -0.15) is 5.10 Å². The first-order valence-corrected chi connectivity index (χ1v) is 7.11. The van der Waals surface area contributed by atoms with Crippen LogP contribution in [-0.2, 0) is 9.84 Å². The number of aliphatic hydroxyl groups excluding tert-OH is 1. The van der Waals surface area contributed by atoms with E-state index in [1.54, 1.807) is 6.21 Å². The minimum Gasteiger partial charge on any atom is -0.390 e. The lowest BCUT2D eigenvalue weighted by molar-refractivity contribution is 0.167. The van der Waals surface area contributed by atoms with Gasteiger partial charge >= 0.3 is 0 Å². The summed E-state index contributed by atoms with van der Waals surface area (Å²) >= 11 is 0. The molecule has 1 saturated heterocycles. The minimum atomic E-state index is -3.13. The normalized spacial score (nSPS) is 27.4. The second-order valence-corrected chi connectivity index (χ2v) is 6.20. The van der Waals surface area contributed by atoms with Gasteiger partial charge in [-0.1, -0.05) is 30.3 Å². The largest absolute Gasteiger partial charge is 0.390 e. The molecule has 0 aromatic heterocycles. The van der Waals surface area contributed by atoms with Gasteiger partial charge in [0.1, 0.15) is 0 Å². The maximum atomic E-state index is 11.2. The Bertz CT molecular complexity index is 499. The van der Waals surface area contributed by atoms with Crippen LogP contribution in [0.2, 0.25) is 0 Å². The third kappa shape index (κ3) is 3.28. The summed E-state index contributed by atoms with van der Waals surface area (Å²) in [6, 6.07) is 8.92. The van der Waals surface area contributed by atoms with E-state index in [4.69, 9.17) is 0 Å². The first-order valence-electron chi connectivity index (χ1n) is 5.29. The third-order valence-electron chi connectivity index (χ3n) is 2.58. The monoisotopic (exact) mass is 254 g/mol. The molecule has 92 valence electrons. The molecule has 1 aliphatic rings. The lowest BCUT2D eigenvalue weighted by Crippen LogP contribution is -2.35. The number of benzene rings is 1. The van der Waals surface area contributed by atoms with Crippen molar-refractivity contribution >= 4 is 16.1 Å². The van der Waals surface area contributed by atoms with Crippen molar-refractivity contribution in [3.8, 4) is 0 Å².